The molecule has 28 heavy (non-hydrogen) atoms. The summed E-state index contributed by atoms with van der Waals surface area (Å²) in [5, 5.41) is 8.31. The number of amides is 1. The summed E-state index contributed by atoms with van der Waals surface area (Å²) in [6.45, 7) is 3.13. The normalized spacial score (nSPS) is 10.6. The van der Waals surface area contributed by atoms with Crippen molar-refractivity contribution in [3.05, 3.63) is 66.7 Å². The van der Waals surface area contributed by atoms with Gasteiger partial charge in [0.15, 0.2) is 0 Å². The number of nitrogens with one attached hydrogen (secondary N) is 2. The molecule has 3 aromatic carbocycles. The maximum atomic E-state index is 12.4. The second-order valence-corrected chi connectivity index (χ2v) is 6.87. The predicted molar refractivity (Wildman–Crippen MR) is 117 cm³/mol. The summed E-state index contributed by atoms with van der Waals surface area (Å²) in [7, 11) is 0. The van der Waals surface area contributed by atoms with Gasteiger partial charge in [0.25, 0.3) is 0 Å². The number of carbonyl (C=O) groups excluding carboxylic acids is 1. The van der Waals surface area contributed by atoms with Crippen molar-refractivity contribution >= 4 is 28.1 Å². The van der Waals surface area contributed by atoms with E-state index in [1.807, 2.05) is 66.7 Å². The number of rotatable bonds is 10. The average Bonchev–Trinajstić information content (AvgIpc) is 2.73. The van der Waals surface area contributed by atoms with Crippen molar-refractivity contribution in [2.24, 2.45) is 0 Å². The standard InChI is InChI=1S/C24H28N2O2/c1-2-3-4-7-16-28-21-13-9-12-20(17-21)25-18-24(27)26-23-15-8-11-19-10-5-6-14-22(19)23/h5-6,8-15,17,25H,2-4,7,16,18H2,1H3,(H,26,27). The van der Waals surface area contributed by atoms with Crippen LogP contribution in [0.4, 0.5) is 11.4 Å². The highest BCUT2D eigenvalue weighted by Crippen LogP contribution is 2.23. The maximum absolute atomic E-state index is 12.4. The number of anilines is 2. The van der Waals surface area contributed by atoms with Crippen LogP contribution in [-0.2, 0) is 4.79 Å². The fraction of sp³-hybridized carbons (Fsp3) is 0.292. The molecule has 0 fully saturated rings. The predicted octanol–water partition coefficient (Wildman–Crippen LogP) is 5.85. The zero-order valence-corrected chi connectivity index (χ0v) is 16.4. The van der Waals surface area contributed by atoms with Crippen LogP contribution in [-0.4, -0.2) is 19.1 Å². The van der Waals surface area contributed by atoms with E-state index >= 15 is 0 Å². The van der Waals surface area contributed by atoms with E-state index in [2.05, 4.69) is 17.6 Å². The first kappa shape index (κ1) is 19.7. The largest absolute Gasteiger partial charge is 0.494 e. The monoisotopic (exact) mass is 376 g/mol. The Morgan fingerprint density at radius 3 is 2.64 bits per heavy atom. The Morgan fingerprint density at radius 2 is 1.75 bits per heavy atom. The summed E-state index contributed by atoms with van der Waals surface area (Å²) in [5.74, 6) is 0.748. The number of fused-ring (bicyclic) bond motifs is 1. The summed E-state index contributed by atoms with van der Waals surface area (Å²) in [6.07, 6.45) is 4.73. The molecule has 4 heteroatoms. The van der Waals surface area contributed by atoms with E-state index in [0.717, 1.165) is 40.9 Å². The first-order chi connectivity index (χ1) is 13.8. The van der Waals surface area contributed by atoms with E-state index in [1.54, 1.807) is 0 Å². The van der Waals surface area contributed by atoms with E-state index in [9.17, 15) is 4.79 Å². The topological polar surface area (TPSA) is 50.4 Å². The van der Waals surface area contributed by atoms with Crippen LogP contribution in [0.1, 0.15) is 32.6 Å². The summed E-state index contributed by atoms with van der Waals surface area (Å²) in [6, 6.07) is 21.7. The smallest absolute Gasteiger partial charge is 0.243 e. The Hall–Kier alpha value is -3.01. The summed E-state index contributed by atoms with van der Waals surface area (Å²) >= 11 is 0. The van der Waals surface area contributed by atoms with E-state index < -0.39 is 0 Å². The van der Waals surface area contributed by atoms with Crippen molar-refractivity contribution in [2.45, 2.75) is 32.6 Å². The summed E-state index contributed by atoms with van der Waals surface area (Å²) < 4.78 is 5.80. The molecule has 0 spiro atoms. The van der Waals surface area contributed by atoms with Gasteiger partial charge in [-0.15, -0.1) is 0 Å². The Labute approximate surface area is 166 Å². The lowest BCUT2D eigenvalue weighted by molar-refractivity contribution is -0.114. The lowest BCUT2D eigenvalue weighted by atomic mass is 10.1. The van der Waals surface area contributed by atoms with Crippen molar-refractivity contribution in [3.8, 4) is 5.75 Å². The number of unbranched alkanes of at least 4 members (excludes halogenated alkanes) is 3. The van der Waals surface area contributed by atoms with Crippen LogP contribution in [0.3, 0.4) is 0 Å². The molecule has 146 valence electrons. The van der Waals surface area contributed by atoms with Gasteiger partial charge in [-0.2, -0.15) is 0 Å². The molecule has 3 rings (SSSR count). The molecule has 0 bridgehead atoms. The van der Waals surface area contributed by atoms with E-state index in [4.69, 9.17) is 4.74 Å². The zero-order valence-electron chi connectivity index (χ0n) is 16.4. The highest BCUT2D eigenvalue weighted by molar-refractivity contribution is 6.03. The molecule has 0 aromatic heterocycles. The SMILES string of the molecule is CCCCCCOc1cccc(NCC(=O)Nc2cccc3ccccc23)c1. The Balaban J connectivity index is 1.51. The van der Waals surface area contributed by atoms with Crippen molar-refractivity contribution in [1.82, 2.24) is 0 Å². The number of carbonyl (C=O) groups is 1. The summed E-state index contributed by atoms with van der Waals surface area (Å²) in [4.78, 5) is 12.4. The molecule has 0 saturated heterocycles. The summed E-state index contributed by atoms with van der Waals surface area (Å²) in [5.41, 5.74) is 1.70. The molecule has 0 aliphatic rings. The average molecular weight is 377 g/mol. The maximum Gasteiger partial charge on any atom is 0.243 e. The van der Waals surface area contributed by atoms with E-state index in [1.165, 1.54) is 19.3 Å². The molecule has 0 heterocycles. The second kappa shape index (κ2) is 10.4. The molecule has 0 saturated carbocycles. The number of hydrogen-bond donors (Lipinski definition) is 2. The van der Waals surface area contributed by atoms with Gasteiger partial charge in [0.2, 0.25) is 5.91 Å². The van der Waals surface area contributed by atoms with Gasteiger partial charge in [0, 0.05) is 22.8 Å². The molecule has 0 aliphatic carbocycles. The number of hydrogen-bond acceptors (Lipinski definition) is 3. The van der Waals surface area contributed by atoms with Crippen molar-refractivity contribution in [2.75, 3.05) is 23.8 Å². The van der Waals surface area contributed by atoms with E-state index in [0.29, 0.717) is 0 Å². The van der Waals surface area contributed by atoms with Crippen molar-refractivity contribution < 1.29 is 9.53 Å². The van der Waals surface area contributed by atoms with Crippen LogP contribution in [0.5, 0.6) is 5.75 Å². The third-order valence-electron chi connectivity index (χ3n) is 4.62. The van der Waals surface area contributed by atoms with Crippen molar-refractivity contribution in [3.63, 3.8) is 0 Å². The van der Waals surface area contributed by atoms with Gasteiger partial charge in [0.1, 0.15) is 5.75 Å². The Morgan fingerprint density at radius 1 is 0.929 bits per heavy atom. The van der Waals surface area contributed by atoms with Gasteiger partial charge >= 0.3 is 0 Å². The lowest BCUT2D eigenvalue weighted by Crippen LogP contribution is -2.21. The Kier molecular flexibility index (Phi) is 7.30. The number of ether oxygens (including phenoxy) is 1. The third kappa shape index (κ3) is 5.74. The molecule has 0 aliphatic heterocycles. The van der Waals surface area contributed by atoms with Gasteiger partial charge in [-0.25, -0.2) is 0 Å². The second-order valence-electron chi connectivity index (χ2n) is 6.87. The third-order valence-corrected chi connectivity index (χ3v) is 4.62. The first-order valence-corrected chi connectivity index (χ1v) is 10.0. The highest BCUT2D eigenvalue weighted by Gasteiger charge is 2.06. The number of benzene rings is 3. The van der Waals surface area contributed by atoms with Crippen LogP contribution in [0, 0.1) is 0 Å². The fourth-order valence-electron chi connectivity index (χ4n) is 3.13. The molecule has 2 N–H and O–H groups in total. The zero-order chi connectivity index (χ0) is 19.6. The molecule has 1 amide bonds. The van der Waals surface area contributed by atoms with Gasteiger partial charge in [-0.05, 0) is 30.0 Å². The molecule has 4 nitrogen and oxygen atoms in total. The lowest BCUT2D eigenvalue weighted by Gasteiger charge is -2.11. The molecular formula is C24H28N2O2. The Bertz CT molecular complexity index is 903. The van der Waals surface area contributed by atoms with Crippen LogP contribution in [0.25, 0.3) is 10.8 Å². The minimum Gasteiger partial charge on any atom is -0.494 e. The van der Waals surface area contributed by atoms with Gasteiger partial charge in [-0.3, -0.25) is 4.79 Å². The quantitative estimate of drug-likeness (QED) is 0.436. The minimum atomic E-state index is -0.0813. The van der Waals surface area contributed by atoms with Gasteiger partial charge < -0.3 is 15.4 Å². The van der Waals surface area contributed by atoms with Gasteiger partial charge in [0.05, 0.1) is 13.2 Å². The van der Waals surface area contributed by atoms with Crippen molar-refractivity contribution in [1.29, 1.82) is 0 Å². The minimum absolute atomic E-state index is 0.0813. The molecular weight excluding hydrogens is 348 g/mol. The molecule has 0 radical (unpaired) electrons. The molecule has 3 aromatic rings. The molecule has 0 atom stereocenters. The van der Waals surface area contributed by atoms with E-state index in [-0.39, 0.29) is 12.5 Å². The van der Waals surface area contributed by atoms with Gasteiger partial charge in [-0.1, -0.05) is 68.7 Å². The van der Waals surface area contributed by atoms with Crippen LogP contribution >= 0.6 is 0 Å². The first-order valence-electron chi connectivity index (χ1n) is 10.0. The van der Waals surface area contributed by atoms with Crippen LogP contribution < -0.4 is 15.4 Å². The fourth-order valence-corrected chi connectivity index (χ4v) is 3.13. The molecule has 0 unspecified atom stereocenters. The van der Waals surface area contributed by atoms with Crippen LogP contribution in [0.2, 0.25) is 0 Å². The highest BCUT2D eigenvalue weighted by atomic mass is 16.5. The van der Waals surface area contributed by atoms with Crippen LogP contribution in [0.15, 0.2) is 66.7 Å².